The predicted octanol–water partition coefficient (Wildman–Crippen LogP) is 4.80. The predicted molar refractivity (Wildman–Crippen MR) is 93.5 cm³/mol. The third-order valence-corrected chi connectivity index (χ3v) is 4.43. The van der Waals surface area contributed by atoms with Gasteiger partial charge in [0.1, 0.15) is 10.9 Å². The van der Waals surface area contributed by atoms with Gasteiger partial charge in [0.2, 0.25) is 0 Å². The molecule has 0 atom stereocenters. The number of hydrogen-bond donors (Lipinski definition) is 0. The van der Waals surface area contributed by atoms with Crippen molar-refractivity contribution in [3.63, 3.8) is 0 Å². The fourth-order valence-electron chi connectivity index (χ4n) is 3.06. The molecule has 0 unspecified atom stereocenters. The number of hydrogen-bond acceptors (Lipinski definition) is 3. The van der Waals surface area contributed by atoms with E-state index in [9.17, 15) is 0 Å². The van der Waals surface area contributed by atoms with Gasteiger partial charge in [-0.1, -0.05) is 43.6 Å². The number of ether oxygens (including phenoxy) is 1. The van der Waals surface area contributed by atoms with Crippen molar-refractivity contribution < 1.29 is 4.74 Å². The van der Waals surface area contributed by atoms with Gasteiger partial charge in [-0.05, 0) is 25.8 Å². The van der Waals surface area contributed by atoms with Gasteiger partial charge in [-0.15, -0.1) is 0 Å². The molecule has 0 saturated heterocycles. The Bertz CT molecular complexity index is 884. The van der Waals surface area contributed by atoms with Crippen LogP contribution >= 0.6 is 11.6 Å². The quantitative estimate of drug-likeness (QED) is 0.648. The molecule has 23 heavy (non-hydrogen) atoms. The molecule has 2 aromatic heterocycles. The van der Waals surface area contributed by atoms with Crippen LogP contribution in [0.1, 0.15) is 36.7 Å². The first-order valence-electron chi connectivity index (χ1n) is 7.64. The minimum atomic E-state index is 0.290. The first kappa shape index (κ1) is 15.8. The van der Waals surface area contributed by atoms with E-state index >= 15 is 0 Å². The summed E-state index contributed by atoms with van der Waals surface area (Å²) >= 11 is 6.62. The summed E-state index contributed by atoms with van der Waals surface area (Å²) in [5.74, 6) is 1.09. The van der Waals surface area contributed by atoms with Crippen molar-refractivity contribution in [2.45, 2.75) is 33.6 Å². The number of aryl methyl sites for hydroxylation is 2. The van der Waals surface area contributed by atoms with Gasteiger partial charge in [-0.2, -0.15) is 5.10 Å². The van der Waals surface area contributed by atoms with E-state index in [0.717, 1.165) is 39.5 Å². The summed E-state index contributed by atoms with van der Waals surface area (Å²) in [6.07, 6.45) is 0. The van der Waals surface area contributed by atoms with Crippen LogP contribution in [0.25, 0.3) is 16.8 Å². The molecule has 0 aliphatic carbocycles. The van der Waals surface area contributed by atoms with Gasteiger partial charge < -0.3 is 4.74 Å². The molecule has 0 bridgehead atoms. The van der Waals surface area contributed by atoms with Gasteiger partial charge in [0.05, 0.1) is 18.4 Å². The summed E-state index contributed by atoms with van der Waals surface area (Å²) in [5.41, 5.74) is 5.55. The molecule has 0 fully saturated rings. The lowest BCUT2D eigenvalue weighted by molar-refractivity contribution is 0.416. The van der Waals surface area contributed by atoms with E-state index in [1.54, 1.807) is 11.6 Å². The van der Waals surface area contributed by atoms with Crippen LogP contribution < -0.4 is 4.74 Å². The molecule has 120 valence electrons. The van der Waals surface area contributed by atoms with Crippen molar-refractivity contribution >= 4 is 17.2 Å². The molecule has 5 heteroatoms. The summed E-state index contributed by atoms with van der Waals surface area (Å²) in [6, 6.07) is 7.89. The van der Waals surface area contributed by atoms with E-state index < -0.39 is 0 Å². The lowest BCUT2D eigenvalue weighted by Crippen LogP contribution is -2.04. The van der Waals surface area contributed by atoms with Gasteiger partial charge in [0.25, 0.3) is 0 Å². The van der Waals surface area contributed by atoms with Crippen LogP contribution in [0, 0.1) is 13.8 Å². The minimum absolute atomic E-state index is 0.290. The Labute approximate surface area is 141 Å². The van der Waals surface area contributed by atoms with Crippen LogP contribution in [-0.4, -0.2) is 21.7 Å². The third kappa shape index (κ3) is 2.47. The normalized spacial score (nSPS) is 11.4. The summed E-state index contributed by atoms with van der Waals surface area (Å²) < 4.78 is 7.23. The third-order valence-electron chi connectivity index (χ3n) is 4.06. The number of benzene rings is 1. The van der Waals surface area contributed by atoms with Crippen LogP contribution in [0.4, 0.5) is 0 Å². The van der Waals surface area contributed by atoms with E-state index in [4.69, 9.17) is 21.3 Å². The van der Waals surface area contributed by atoms with E-state index in [0.29, 0.717) is 11.1 Å². The molecule has 0 spiro atoms. The average molecular weight is 330 g/mol. The molecule has 0 aliphatic heterocycles. The second-order valence-electron chi connectivity index (χ2n) is 5.95. The monoisotopic (exact) mass is 329 g/mol. The molecule has 0 N–H and O–H groups in total. The summed E-state index contributed by atoms with van der Waals surface area (Å²) in [6.45, 7) is 8.19. The Morgan fingerprint density at radius 1 is 1.13 bits per heavy atom. The molecule has 0 saturated carbocycles. The SMILES string of the molecule is COc1ccccc1-c1c(C)nn2c(Cl)c(C(C)C)c(C)nc12. The highest BCUT2D eigenvalue weighted by atomic mass is 35.5. The maximum Gasteiger partial charge on any atom is 0.165 e. The molecular formula is C18H20ClN3O. The Morgan fingerprint density at radius 3 is 2.48 bits per heavy atom. The zero-order chi connectivity index (χ0) is 16.7. The number of fused-ring (bicyclic) bond motifs is 1. The molecular weight excluding hydrogens is 310 g/mol. The molecule has 0 aliphatic rings. The Hall–Kier alpha value is -2.07. The van der Waals surface area contributed by atoms with Crippen molar-refractivity contribution in [3.05, 3.63) is 46.4 Å². The van der Waals surface area contributed by atoms with Crippen molar-refractivity contribution in [1.82, 2.24) is 14.6 Å². The van der Waals surface area contributed by atoms with E-state index in [1.807, 2.05) is 38.1 Å². The fraction of sp³-hybridized carbons (Fsp3) is 0.333. The molecule has 0 amide bonds. The van der Waals surface area contributed by atoms with Gasteiger partial charge in [0.15, 0.2) is 5.65 Å². The Kier molecular flexibility index (Phi) is 4.02. The maximum absolute atomic E-state index is 6.62. The number of para-hydroxylation sites is 1. The number of rotatable bonds is 3. The first-order valence-corrected chi connectivity index (χ1v) is 8.02. The van der Waals surface area contributed by atoms with Gasteiger partial charge in [-0.25, -0.2) is 9.50 Å². The second-order valence-corrected chi connectivity index (χ2v) is 6.31. The van der Waals surface area contributed by atoms with E-state index in [1.165, 1.54) is 0 Å². The van der Waals surface area contributed by atoms with Gasteiger partial charge >= 0.3 is 0 Å². The van der Waals surface area contributed by atoms with Crippen LogP contribution in [-0.2, 0) is 0 Å². The molecule has 1 aromatic carbocycles. The largest absolute Gasteiger partial charge is 0.496 e. The number of halogens is 1. The van der Waals surface area contributed by atoms with Crippen molar-refractivity contribution in [2.75, 3.05) is 7.11 Å². The first-order chi connectivity index (χ1) is 11.0. The summed E-state index contributed by atoms with van der Waals surface area (Å²) in [7, 11) is 1.67. The number of nitrogens with zero attached hydrogens (tertiary/aromatic N) is 3. The van der Waals surface area contributed by atoms with Crippen LogP contribution in [0.5, 0.6) is 5.75 Å². The van der Waals surface area contributed by atoms with Crippen LogP contribution in [0.15, 0.2) is 24.3 Å². The van der Waals surface area contributed by atoms with Crippen LogP contribution in [0.2, 0.25) is 5.15 Å². The van der Waals surface area contributed by atoms with Crippen molar-refractivity contribution in [3.8, 4) is 16.9 Å². The lowest BCUT2D eigenvalue weighted by atomic mass is 10.0. The minimum Gasteiger partial charge on any atom is -0.496 e. The molecule has 3 aromatic rings. The smallest absolute Gasteiger partial charge is 0.165 e. The molecule has 0 radical (unpaired) electrons. The highest BCUT2D eigenvalue weighted by molar-refractivity contribution is 6.30. The average Bonchev–Trinajstić information content (AvgIpc) is 2.83. The van der Waals surface area contributed by atoms with Crippen molar-refractivity contribution in [1.29, 1.82) is 0 Å². The highest BCUT2D eigenvalue weighted by Gasteiger charge is 2.21. The Balaban J connectivity index is 2.38. The van der Waals surface area contributed by atoms with Crippen LogP contribution in [0.3, 0.4) is 0 Å². The fourth-order valence-corrected chi connectivity index (χ4v) is 3.53. The molecule has 4 nitrogen and oxygen atoms in total. The number of methoxy groups -OCH3 is 1. The lowest BCUT2D eigenvalue weighted by Gasteiger charge is -2.13. The van der Waals surface area contributed by atoms with Crippen molar-refractivity contribution in [2.24, 2.45) is 0 Å². The zero-order valence-electron chi connectivity index (χ0n) is 14.0. The zero-order valence-corrected chi connectivity index (χ0v) is 14.8. The second kappa shape index (κ2) is 5.85. The summed E-state index contributed by atoms with van der Waals surface area (Å²) in [4.78, 5) is 4.79. The van der Waals surface area contributed by atoms with Gasteiger partial charge in [-0.3, -0.25) is 0 Å². The standard InChI is InChI=1S/C18H20ClN3O/c1-10(2)15-11(3)20-18-16(12(4)21-22(18)17(15)19)13-8-6-7-9-14(13)23-5/h6-10H,1-5H3. The van der Waals surface area contributed by atoms with E-state index in [2.05, 4.69) is 18.9 Å². The number of aromatic nitrogens is 3. The van der Waals surface area contributed by atoms with E-state index in [-0.39, 0.29) is 0 Å². The maximum atomic E-state index is 6.62. The highest BCUT2D eigenvalue weighted by Crippen LogP contribution is 2.37. The summed E-state index contributed by atoms with van der Waals surface area (Å²) in [5, 5.41) is 5.25. The molecule has 2 heterocycles. The topological polar surface area (TPSA) is 39.4 Å². The van der Waals surface area contributed by atoms with Gasteiger partial charge in [0, 0.05) is 16.8 Å². The molecule has 3 rings (SSSR count). The Morgan fingerprint density at radius 2 is 1.83 bits per heavy atom.